The molecule has 2 atom stereocenters. The lowest BCUT2D eigenvalue weighted by Gasteiger charge is -2.34. The first-order valence-electron chi connectivity index (χ1n) is 11.5. The number of primary amides is 1. The molecule has 4 heterocycles. The van der Waals surface area contributed by atoms with Crippen LogP contribution in [0.1, 0.15) is 56.1 Å². The summed E-state index contributed by atoms with van der Waals surface area (Å²) < 4.78 is 11.0. The number of likely N-dealkylation sites (tertiary alicyclic amines) is 1. The average Bonchev–Trinajstić information content (AvgIpc) is 3.25. The number of piperidine rings is 1. The number of pyridine rings is 1. The molecule has 2 aromatic rings. The maximum absolute atomic E-state index is 12.5. The topological polar surface area (TPSA) is 133 Å². The first-order valence-corrected chi connectivity index (χ1v) is 11.5. The van der Waals surface area contributed by atoms with Crippen molar-refractivity contribution in [2.24, 2.45) is 11.7 Å². The Morgan fingerprint density at radius 2 is 2.09 bits per heavy atom. The summed E-state index contributed by atoms with van der Waals surface area (Å²) in [6.07, 6.45) is 4.44. The average molecular weight is 457 g/mol. The summed E-state index contributed by atoms with van der Waals surface area (Å²) in [6.45, 7) is 8.13. The highest BCUT2D eigenvalue weighted by molar-refractivity contribution is 6.05. The van der Waals surface area contributed by atoms with Gasteiger partial charge in [-0.25, -0.2) is 19.7 Å². The number of nitrogens with two attached hydrogens (primary N) is 1. The molecule has 2 aromatic heterocycles. The Morgan fingerprint density at radius 1 is 1.27 bits per heavy atom. The summed E-state index contributed by atoms with van der Waals surface area (Å²) in [6, 6.07) is 1.69. The number of fused-ring (bicyclic) bond motifs is 1. The van der Waals surface area contributed by atoms with Crippen LogP contribution in [0.4, 0.5) is 10.6 Å². The molecule has 0 aromatic carbocycles. The monoisotopic (exact) mass is 456 g/mol. The summed E-state index contributed by atoms with van der Waals surface area (Å²) >= 11 is 0. The minimum Gasteiger partial charge on any atom is -0.444 e. The third kappa shape index (κ3) is 5.68. The van der Waals surface area contributed by atoms with E-state index in [0.29, 0.717) is 54.4 Å². The Bertz CT molecular complexity index is 1030. The van der Waals surface area contributed by atoms with Crippen molar-refractivity contribution in [3.05, 3.63) is 23.7 Å². The summed E-state index contributed by atoms with van der Waals surface area (Å²) in [5.74, 6) is 0.338. The van der Waals surface area contributed by atoms with Crippen LogP contribution in [-0.2, 0) is 15.9 Å². The molecule has 10 nitrogen and oxygen atoms in total. The zero-order valence-electron chi connectivity index (χ0n) is 19.5. The second-order valence-electron chi connectivity index (χ2n) is 9.79. The van der Waals surface area contributed by atoms with E-state index in [1.807, 2.05) is 20.8 Å². The lowest BCUT2D eigenvalue weighted by Crippen LogP contribution is -2.47. The van der Waals surface area contributed by atoms with Crippen LogP contribution in [0.15, 0.2) is 12.4 Å². The van der Waals surface area contributed by atoms with Gasteiger partial charge in [0.1, 0.15) is 23.0 Å². The van der Waals surface area contributed by atoms with E-state index in [-0.39, 0.29) is 12.1 Å². The fourth-order valence-electron chi connectivity index (χ4n) is 4.31. The quantitative estimate of drug-likeness (QED) is 0.701. The molecule has 2 aliphatic heterocycles. The summed E-state index contributed by atoms with van der Waals surface area (Å²) in [7, 11) is 0. The molecule has 0 bridgehead atoms. The van der Waals surface area contributed by atoms with E-state index in [4.69, 9.17) is 20.2 Å². The smallest absolute Gasteiger partial charge is 0.410 e. The minimum atomic E-state index is -0.551. The van der Waals surface area contributed by atoms with Crippen LogP contribution in [0.3, 0.4) is 0 Å². The van der Waals surface area contributed by atoms with Crippen LogP contribution in [-0.4, -0.2) is 69.8 Å². The Hall–Kier alpha value is -3.01. The Balaban J connectivity index is 1.58. The third-order valence-electron chi connectivity index (χ3n) is 5.84. The van der Waals surface area contributed by atoms with Crippen LogP contribution in [0.25, 0.3) is 11.0 Å². The lowest BCUT2D eigenvalue weighted by molar-refractivity contribution is 0.0206. The minimum absolute atomic E-state index is 0.0323. The zero-order valence-corrected chi connectivity index (χ0v) is 19.5. The van der Waals surface area contributed by atoms with Crippen LogP contribution in [0, 0.1) is 5.92 Å². The molecule has 2 amide bonds. The largest absolute Gasteiger partial charge is 0.444 e. The number of carbonyl (C=O) groups is 2. The second kappa shape index (κ2) is 9.46. The van der Waals surface area contributed by atoms with Crippen LogP contribution in [0.2, 0.25) is 0 Å². The number of ether oxygens (including phenoxy) is 2. The van der Waals surface area contributed by atoms with Crippen molar-refractivity contribution in [1.82, 2.24) is 19.9 Å². The normalized spacial score (nSPS) is 21.2. The predicted molar refractivity (Wildman–Crippen MR) is 123 cm³/mol. The molecule has 2 saturated heterocycles. The molecule has 0 aliphatic carbocycles. The van der Waals surface area contributed by atoms with Gasteiger partial charge < -0.3 is 25.4 Å². The first kappa shape index (κ1) is 23.2. The van der Waals surface area contributed by atoms with Crippen molar-refractivity contribution < 1.29 is 19.1 Å². The molecule has 0 spiro atoms. The van der Waals surface area contributed by atoms with E-state index in [0.717, 1.165) is 31.6 Å². The van der Waals surface area contributed by atoms with E-state index in [1.165, 1.54) is 6.33 Å². The molecular weight excluding hydrogens is 424 g/mol. The van der Waals surface area contributed by atoms with Gasteiger partial charge in [0.05, 0.1) is 5.56 Å². The highest BCUT2D eigenvalue weighted by Crippen LogP contribution is 2.26. The molecule has 33 heavy (non-hydrogen) atoms. The highest BCUT2D eigenvalue weighted by atomic mass is 16.6. The van der Waals surface area contributed by atoms with Gasteiger partial charge in [-0.15, -0.1) is 0 Å². The molecule has 0 radical (unpaired) electrons. The molecule has 1 unspecified atom stereocenters. The number of nitrogens with zero attached hydrogens (tertiary/aromatic N) is 4. The number of aromatic nitrogens is 3. The molecule has 2 aliphatic rings. The van der Waals surface area contributed by atoms with Gasteiger partial charge >= 0.3 is 6.09 Å². The maximum Gasteiger partial charge on any atom is 0.410 e. The number of hydrogen-bond donors (Lipinski definition) is 2. The van der Waals surface area contributed by atoms with E-state index < -0.39 is 11.5 Å². The van der Waals surface area contributed by atoms with Gasteiger partial charge in [0.25, 0.3) is 5.91 Å². The number of hydrogen-bond acceptors (Lipinski definition) is 8. The Morgan fingerprint density at radius 3 is 2.79 bits per heavy atom. The first-order chi connectivity index (χ1) is 15.7. The van der Waals surface area contributed by atoms with E-state index in [9.17, 15) is 9.59 Å². The number of nitrogens with one attached hydrogen (secondary N) is 1. The fourth-order valence-corrected chi connectivity index (χ4v) is 4.31. The molecule has 0 saturated carbocycles. The second-order valence-corrected chi connectivity index (χ2v) is 9.79. The SMILES string of the molecule is CC(C)(C)OC(=O)N1CCC[C@H](Nc2ncnc3c(C(N)=O)cc(CC4CCOC4)nc23)C1. The molecular formula is C23H32N6O4. The number of amides is 2. The van der Waals surface area contributed by atoms with Crippen molar-refractivity contribution >= 4 is 28.9 Å². The maximum atomic E-state index is 12.5. The summed E-state index contributed by atoms with van der Waals surface area (Å²) in [4.78, 5) is 39.9. The zero-order chi connectivity index (χ0) is 23.6. The van der Waals surface area contributed by atoms with Crippen molar-refractivity contribution in [2.75, 3.05) is 31.6 Å². The number of anilines is 1. The van der Waals surface area contributed by atoms with Crippen molar-refractivity contribution in [3.63, 3.8) is 0 Å². The van der Waals surface area contributed by atoms with Crippen LogP contribution in [0.5, 0.6) is 0 Å². The van der Waals surface area contributed by atoms with E-state index in [1.54, 1.807) is 11.0 Å². The lowest BCUT2D eigenvalue weighted by atomic mass is 10.0. The third-order valence-corrected chi connectivity index (χ3v) is 5.84. The summed E-state index contributed by atoms with van der Waals surface area (Å²) in [5.41, 5.74) is 7.15. The molecule has 10 heteroatoms. The highest BCUT2D eigenvalue weighted by Gasteiger charge is 2.28. The molecule has 2 fully saturated rings. The van der Waals surface area contributed by atoms with Crippen molar-refractivity contribution in [2.45, 2.75) is 58.1 Å². The van der Waals surface area contributed by atoms with Crippen LogP contribution >= 0.6 is 0 Å². The van der Waals surface area contributed by atoms with E-state index in [2.05, 4.69) is 15.3 Å². The van der Waals surface area contributed by atoms with Gasteiger partial charge in [-0.1, -0.05) is 0 Å². The number of rotatable bonds is 5. The standard InChI is InChI=1S/C23H32N6O4/c1-23(2,3)33-22(31)29-7-4-5-15(11-29)28-21-19-18(25-13-26-21)17(20(24)30)10-16(27-19)9-14-6-8-32-12-14/h10,13-15H,4-9,11-12H2,1-3H3,(H2,24,30)(H,25,26,28)/t14?,15-/m0/s1. The Labute approximate surface area is 193 Å². The fraction of sp³-hybridized carbons (Fsp3) is 0.609. The van der Waals surface area contributed by atoms with Gasteiger partial charge in [0, 0.05) is 38.0 Å². The summed E-state index contributed by atoms with van der Waals surface area (Å²) in [5, 5.41) is 3.42. The Kier molecular flexibility index (Phi) is 6.64. The van der Waals surface area contributed by atoms with Gasteiger partial charge in [-0.3, -0.25) is 4.79 Å². The van der Waals surface area contributed by atoms with Crippen LogP contribution < -0.4 is 11.1 Å². The van der Waals surface area contributed by atoms with Gasteiger partial charge in [0.2, 0.25) is 0 Å². The predicted octanol–water partition coefficient (Wildman–Crippen LogP) is 2.51. The van der Waals surface area contributed by atoms with Gasteiger partial charge in [0.15, 0.2) is 5.82 Å². The van der Waals surface area contributed by atoms with Crippen molar-refractivity contribution in [3.8, 4) is 0 Å². The van der Waals surface area contributed by atoms with Gasteiger partial charge in [-0.2, -0.15) is 0 Å². The molecule has 3 N–H and O–H groups in total. The number of carbonyl (C=O) groups excluding carboxylic acids is 2. The van der Waals surface area contributed by atoms with Crippen molar-refractivity contribution in [1.29, 1.82) is 0 Å². The molecule has 178 valence electrons. The molecule has 4 rings (SSSR count). The van der Waals surface area contributed by atoms with Gasteiger partial charge in [-0.05, 0) is 58.4 Å². The van der Waals surface area contributed by atoms with E-state index >= 15 is 0 Å².